The van der Waals surface area contributed by atoms with Crippen LogP contribution in [0.2, 0.25) is 0 Å². The quantitative estimate of drug-likeness (QED) is 0.361. The van der Waals surface area contributed by atoms with Gasteiger partial charge in [0.1, 0.15) is 28.6 Å². The molecule has 1 saturated heterocycles. The summed E-state index contributed by atoms with van der Waals surface area (Å²) < 4.78 is 6.08. The fourth-order valence-corrected chi connectivity index (χ4v) is 9.24. The number of primary amides is 1. The lowest BCUT2D eigenvalue weighted by Crippen LogP contribution is -2.53. The topological polar surface area (TPSA) is 158 Å². The molecular weight excluding hydrogens is 574 g/mol. The number of likely N-dealkylation sites (N-methyl/N-ethyl adjacent to an activating group) is 1. The molecule has 0 bridgehead atoms. The maximum Gasteiger partial charge on any atom is 0.255 e. The number of likely N-dealkylation sites (tertiary alicyclic amines) is 1. The fourth-order valence-electron chi connectivity index (χ4n) is 9.24. The average molecular weight is 616 g/mol. The number of hydrogen-bond acceptors (Lipinski definition) is 9. The normalized spacial score (nSPS) is 30.2. The largest absolute Gasteiger partial charge is 0.511 e. The van der Waals surface area contributed by atoms with E-state index in [4.69, 9.17) is 10.2 Å². The second-order valence-electron chi connectivity index (χ2n) is 13.9. The molecule has 45 heavy (non-hydrogen) atoms. The molecule has 10 heteroatoms. The van der Waals surface area contributed by atoms with Gasteiger partial charge in [-0.2, -0.15) is 0 Å². The zero-order valence-electron chi connectivity index (χ0n) is 25.8. The summed E-state index contributed by atoms with van der Waals surface area (Å²) in [5.74, 6) is -3.49. The first-order valence-corrected chi connectivity index (χ1v) is 16.1. The van der Waals surface area contributed by atoms with Gasteiger partial charge in [0.05, 0.1) is 23.8 Å². The van der Waals surface area contributed by atoms with Gasteiger partial charge in [0.25, 0.3) is 5.91 Å². The van der Waals surface area contributed by atoms with Crippen LogP contribution >= 0.6 is 0 Å². The van der Waals surface area contributed by atoms with E-state index in [0.717, 1.165) is 42.6 Å². The molecule has 2 heterocycles. The molecule has 5 aliphatic rings. The predicted octanol–water partition coefficient (Wildman–Crippen LogP) is 4.28. The van der Waals surface area contributed by atoms with Crippen molar-refractivity contribution in [2.75, 3.05) is 27.2 Å². The van der Waals surface area contributed by atoms with Crippen molar-refractivity contribution >= 4 is 17.5 Å². The van der Waals surface area contributed by atoms with Crippen LogP contribution in [0.1, 0.15) is 60.0 Å². The molecule has 238 valence electrons. The highest BCUT2D eigenvalue weighted by atomic mass is 16.3. The molecule has 1 saturated carbocycles. The summed E-state index contributed by atoms with van der Waals surface area (Å²) >= 11 is 0. The minimum atomic E-state index is -1.21. The van der Waals surface area contributed by atoms with E-state index in [1.165, 1.54) is 38.2 Å². The Morgan fingerprint density at radius 3 is 2.53 bits per heavy atom. The van der Waals surface area contributed by atoms with E-state index in [-0.39, 0.29) is 16.9 Å². The number of hydrogen-bond donors (Lipinski definition) is 4. The Balaban J connectivity index is 1.25. The van der Waals surface area contributed by atoms with Crippen LogP contribution in [0.5, 0.6) is 5.75 Å². The number of phenols is 1. The number of nitrogens with two attached hydrogens (primary N) is 1. The van der Waals surface area contributed by atoms with Gasteiger partial charge in [0.2, 0.25) is 0 Å². The highest BCUT2D eigenvalue weighted by Gasteiger charge is 2.54. The van der Waals surface area contributed by atoms with Crippen LogP contribution in [0.15, 0.2) is 51.5 Å². The van der Waals surface area contributed by atoms with Gasteiger partial charge in [0, 0.05) is 29.8 Å². The Morgan fingerprint density at radius 1 is 1.04 bits per heavy atom. The predicted molar refractivity (Wildman–Crippen MR) is 165 cm³/mol. The zero-order valence-corrected chi connectivity index (χ0v) is 25.8. The van der Waals surface area contributed by atoms with Crippen molar-refractivity contribution in [3.63, 3.8) is 0 Å². The number of aliphatic hydroxyl groups is 2. The minimum Gasteiger partial charge on any atom is -0.511 e. The van der Waals surface area contributed by atoms with Gasteiger partial charge < -0.3 is 25.5 Å². The molecule has 7 rings (SSSR count). The molecule has 4 aliphatic carbocycles. The minimum absolute atomic E-state index is 0.0716. The number of carbonyl (C=O) groups is 3. The number of fused-ring (bicyclic) bond motifs is 4. The number of aliphatic hydroxyl groups excluding tert-OH is 2. The van der Waals surface area contributed by atoms with Crippen LogP contribution in [0.3, 0.4) is 0 Å². The smallest absolute Gasteiger partial charge is 0.255 e. The van der Waals surface area contributed by atoms with Gasteiger partial charge in [0.15, 0.2) is 11.6 Å². The third-order valence-corrected chi connectivity index (χ3v) is 11.2. The number of nitrogens with zero attached hydrogens (tertiary/aromatic N) is 2. The molecule has 2 aromatic rings. The van der Waals surface area contributed by atoms with Crippen molar-refractivity contribution in [2.24, 2.45) is 35.3 Å². The Hall–Kier alpha value is -3.89. The molecule has 2 fully saturated rings. The maximum absolute atomic E-state index is 14.1. The number of allylic oxidation sites excluding steroid dienone is 2. The van der Waals surface area contributed by atoms with E-state index in [1.807, 2.05) is 6.07 Å². The molecule has 5 N–H and O–H groups in total. The fraction of sp³-hybridized carbons (Fsp3) is 0.514. The monoisotopic (exact) mass is 615 g/mol. The summed E-state index contributed by atoms with van der Waals surface area (Å²) in [6.45, 7) is 2.85. The lowest BCUT2D eigenvalue weighted by molar-refractivity contribution is -0.127. The Morgan fingerprint density at radius 2 is 1.80 bits per heavy atom. The number of aromatic hydroxyl groups is 1. The van der Waals surface area contributed by atoms with Gasteiger partial charge in [-0.15, -0.1) is 0 Å². The molecule has 1 aromatic carbocycles. The maximum atomic E-state index is 14.1. The number of Topliss-reactive ketones (excluding diaryl/α,β-unsaturated/α-hetero) is 2. The molecule has 0 radical (unpaired) electrons. The number of amides is 1. The number of benzene rings is 1. The third-order valence-electron chi connectivity index (χ3n) is 11.2. The first kappa shape index (κ1) is 29.8. The molecule has 1 aliphatic heterocycles. The summed E-state index contributed by atoms with van der Waals surface area (Å²) in [6.07, 6.45) is 8.78. The van der Waals surface area contributed by atoms with Crippen molar-refractivity contribution in [2.45, 2.75) is 57.5 Å². The van der Waals surface area contributed by atoms with Crippen LogP contribution < -0.4 is 5.73 Å². The summed E-state index contributed by atoms with van der Waals surface area (Å²) in [5.41, 5.74) is 7.49. The highest BCUT2D eigenvalue weighted by molar-refractivity contribution is 6.22. The first-order chi connectivity index (χ1) is 21.6. The number of ketones is 2. The number of phenolic OH excluding ortho intramolecular Hbond substituents is 1. The average Bonchev–Trinajstić information content (AvgIpc) is 3.44. The molecule has 0 spiro atoms. The van der Waals surface area contributed by atoms with E-state index in [9.17, 15) is 29.7 Å². The van der Waals surface area contributed by atoms with Crippen LogP contribution in [-0.2, 0) is 22.6 Å². The van der Waals surface area contributed by atoms with Crippen molar-refractivity contribution in [3.8, 4) is 17.1 Å². The first-order valence-electron chi connectivity index (χ1n) is 16.1. The summed E-state index contributed by atoms with van der Waals surface area (Å²) in [7, 11) is 3.44. The standard InChI is InChI=1S/C35H41N3O7/c1-37(2)29-23-14-20-13-22-21(34-19(10-12-45-34)16-38-11-9-17-5-3-4-6-18(17)15-38)7-8-24(39)26(22)30(40)25(20)31(41)27(23)32(42)28(33(29)43)35(36)44/h7-8,10,12,17-18,20,23,27,29,39,41,43H,3-6,9,11,13-16H2,1-2H3,(H2,36,44)/t17?,18?,20?,23?,27?,29-/m0/s1. The van der Waals surface area contributed by atoms with E-state index in [1.54, 1.807) is 31.3 Å². The number of carbonyl (C=O) groups excluding carboxylic acids is 3. The molecule has 1 amide bonds. The Bertz CT molecular complexity index is 1650. The molecule has 10 nitrogen and oxygen atoms in total. The third kappa shape index (κ3) is 4.72. The second kappa shape index (κ2) is 11.2. The molecule has 6 atom stereocenters. The SMILES string of the molecule is CN(C)[C@@H]1C(O)=C(C(N)=O)C(=O)C2C(O)=C3C(=O)c4c(O)ccc(-c5occc5CN5CCC6CCCCC6C5)c4CC3CC21. The van der Waals surface area contributed by atoms with E-state index >= 15 is 0 Å². The van der Waals surface area contributed by atoms with Crippen LogP contribution in [0, 0.1) is 29.6 Å². The van der Waals surface area contributed by atoms with Crippen molar-refractivity contribution < 1.29 is 34.1 Å². The van der Waals surface area contributed by atoms with Crippen molar-refractivity contribution in [1.82, 2.24) is 9.80 Å². The van der Waals surface area contributed by atoms with Gasteiger partial charge in [-0.05, 0) is 93.8 Å². The second-order valence-corrected chi connectivity index (χ2v) is 13.9. The van der Waals surface area contributed by atoms with Gasteiger partial charge in [-0.1, -0.05) is 19.3 Å². The number of piperidine rings is 1. The lowest BCUT2D eigenvalue weighted by atomic mass is 9.60. The van der Waals surface area contributed by atoms with Crippen LogP contribution in [0.25, 0.3) is 11.3 Å². The van der Waals surface area contributed by atoms with E-state index in [0.29, 0.717) is 24.2 Å². The lowest BCUT2D eigenvalue weighted by Gasteiger charge is -2.46. The zero-order chi connectivity index (χ0) is 31.7. The summed E-state index contributed by atoms with van der Waals surface area (Å²) in [4.78, 5) is 44.0. The summed E-state index contributed by atoms with van der Waals surface area (Å²) in [5, 5.41) is 33.5. The molecule has 5 unspecified atom stereocenters. The van der Waals surface area contributed by atoms with Crippen LogP contribution in [0.4, 0.5) is 0 Å². The van der Waals surface area contributed by atoms with Gasteiger partial charge >= 0.3 is 0 Å². The Labute approximate surface area is 262 Å². The molecule has 1 aromatic heterocycles. The highest BCUT2D eigenvalue weighted by Crippen LogP contribution is 2.51. The van der Waals surface area contributed by atoms with E-state index < -0.39 is 58.4 Å². The Kier molecular flexibility index (Phi) is 7.40. The van der Waals surface area contributed by atoms with Gasteiger partial charge in [-0.25, -0.2) is 0 Å². The molecular formula is C35H41N3O7. The number of furan rings is 1. The van der Waals surface area contributed by atoms with Crippen LogP contribution in [-0.4, -0.2) is 75.8 Å². The number of rotatable bonds is 5. The van der Waals surface area contributed by atoms with Gasteiger partial charge in [-0.3, -0.25) is 24.2 Å². The van der Waals surface area contributed by atoms with Crippen molar-refractivity contribution in [3.05, 3.63) is 63.8 Å². The van der Waals surface area contributed by atoms with E-state index in [2.05, 4.69) is 4.90 Å². The van der Waals surface area contributed by atoms with Crippen molar-refractivity contribution in [1.29, 1.82) is 0 Å². The summed E-state index contributed by atoms with van der Waals surface area (Å²) in [6, 6.07) is 4.49.